The number of nitrogens with zero attached hydrogens (tertiary/aromatic N) is 3. The number of hydrogen-bond donors (Lipinski definition) is 0. The molecule has 1 aromatic rings. The standard InChI is InChI=1S/C16H25N3OS/c1-11(2)15-17-14(10-21-15)16(20)19-9-13(8-12(19)3)18-6-4-5-7-18/h10-13H,4-9H2,1-3H3/t12-,13-/m0/s1. The molecule has 3 rings (SSSR count). The summed E-state index contributed by atoms with van der Waals surface area (Å²) >= 11 is 1.60. The predicted molar refractivity (Wildman–Crippen MR) is 85.9 cm³/mol. The van der Waals surface area contributed by atoms with Gasteiger partial charge in [-0.3, -0.25) is 9.69 Å². The average molecular weight is 307 g/mol. The van der Waals surface area contributed by atoms with E-state index in [1.165, 1.54) is 25.9 Å². The number of carbonyl (C=O) groups excluding carboxylic acids is 1. The van der Waals surface area contributed by atoms with Crippen LogP contribution in [0.15, 0.2) is 5.38 Å². The number of amides is 1. The highest BCUT2D eigenvalue weighted by molar-refractivity contribution is 7.09. The molecule has 21 heavy (non-hydrogen) atoms. The number of aromatic nitrogens is 1. The molecule has 0 spiro atoms. The van der Waals surface area contributed by atoms with Crippen molar-refractivity contribution in [1.82, 2.24) is 14.8 Å². The van der Waals surface area contributed by atoms with Crippen LogP contribution < -0.4 is 0 Å². The van der Waals surface area contributed by atoms with E-state index in [2.05, 4.69) is 30.7 Å². The normalized spacial score (nSPS) is 27.0. The summed E-state index contributed by atoms with van der Waals surface area (Å²) in [6, 6.07) is 0.877. The largest absolute Gasteiger partial charge is 0.333 e. The van der Waals surface area contributed by atoms with E-state index in [4.69, 9.17) is 0 Å². The molecule has 3 heterocycles. The minimum Gasteiger partial charge on any atom is -0.333 e. The van der Waals surface area contributed by atoms with Gasteiger partial charge in [0.05, 0.1) is 5.01 Å². The lowest BCUT2D eigenvalue weighted by Crippen LogP contribution is -2.38. The fourth-order valence-corrected chi connectivity index (χ4v) is 4.26. The van der Waals surface area contributed by atoms with Crippen molar-refractivity contribution in [3.05, 3.63) is 16.1 Å². The van der Waals surface area contributed by atoms with Gasteiger partial charge >= 0.3 is 0 Å². The SMILES string of the molecule is CC(C)c1nc(C(=O)N2C[C@@H](N3CCCC3)C[C@@H]2C)cs1. The summed E-state index contributed by atoms with van der Waals surface area (Å²) in [7, 11) is 0. The number of rotatable bonds is 3. The van der Waals surface area contributed by atoms with Crippen LogP contribution in [0.2, 0.25) is 0 Å². The lowest BCUT2D eigenvalue weighted by molar-refractivity contribution is 0.0732. The minimum absolute atomic E-state index is 0.118. The summed E-state index contributed by atoms with van der Waals surface area (Å²) in [4.78, 5) is 21.8. The van der Waals surface area contributed by atoms with Crippen LogP contribution in [0.25, 0.3) is 0 Å². The van der Waals surface area contributed by atoms with Gasteiger partial charge in [0, 0.05) is 29.9 Å². The molecule has 0 saturated carbocycles. The third-order valence-corrected chi connectivity index (χ3v) is 5.85. The van der Waals surface area contributed by atoms with E-state index in [1.807, 2.05) is 10.3 Å². The molecule has 5 heteroatoms. The van der Waals surface area contributed by atoms with E-state index in [-0.39, 0.29) is 5.91 Å². The Labute approximate surface area is 131 Å². The Balaban J connectivity index is 1.69. The summed E-state index contributed by atoms with van der Waals surface area (Å²) < 4.78 is 0. The van der Waals surface area contributed by atoms with Crippen molar-refractivity contribution in [2.45, 2.75) is 58.0 Å². The van der Waals surface area contributed by atoms with Crippen LogP contribution in [-0.4, -0.2) is 52.4 Å². The summed E-state index contributed by atoms with van der Waals surface area (Å²) in [6.07, 6.45) is 3.72. The average Bonchev–Trinajstić information content (AvgIpc) is 3.18. The van der Waals surface area contributed by atoms with Gasteiger partial charge < -0.3 is 4.90 Å². The van der Waals surface area contributed by atoms with Crippen LogP contribution in [0.1, 0.15) is 61.4 Å². The van der Waals surface area contributed by atoms with Crippen LogP contribution in [0.4, 0.5) is 0 Å². The van der Waals surface area contributed by atoms with Gasteiger partial charge in [-0.25, -0.2) is 4.98 Å². The Hall–Kier alpha value is -0.940. The molecule has 1 aromatic heterocycles. The van der Waals surface area contributed by atoms with Gasteiger partial charge in [-0.1, -0.05) is 13.8 Å². The molecule has 2 atom stereocenters. The monoisotopic (exact) mass is 307 g/mol. The second-order valence-electron chi connectivity index (χ2n) is 6.66. The Bertz CT molecular complexity index is 507. The third-order valence-electron chi connectivity index (χ3n) is 4.71. The van der Waals surface area contributed by atoms with Gasteiger partial charge in [0.2, 0.25) is 0 Å². The zero-order chi connectivity index (χ0) is 15.0. The molecule has 0 N–H and O–H groups in total. The Morgan fingerprint density at radius 2 is 2.10 bits per heavy atom. The van der Waals surface area contributed by atoms with Gasteiger partial charge in [-0.2, -0.15) is 0 Å². The summed E-state index contributed by atoms with van der Waals surface area (Å²) in [6.45, 7) is 9.68. The fourth-order valence-electron chi connectivity index (χ4n) is 3.46. The Kier molecular flexibility index (Phi) is 4.31. The Morgan fingerprint density at radius 1 is 1.38 bits per heavy atom. The third kappa shape index (κ3) is 2.99. The molecule has 0 radical (unpaired) electrons. The predicted octanol–water partition coefficient (Wildman–Crippen LogP) is 2.97. The summed E-state index contributed by atoms with van der Waals surface area (Å²) in [5, 5.41) is 2.98. The zero-order valence-corrected chi connectivity index (χ0v) is 14.0. The summed E-state index contributed by atoms with van der Waals surface area (Å²) in [5.41, 5.74) is 0.637. The molecule has 0 aromatic carbocycles. The number of carbonyl (C=O) groups is 1. The van der Waals surface area contributed by atoms with Crippen LogP contribution in [0.5, 0.6) is 0 Å². The molecule has 1 amide bonds. The minimum atomic E-state index is 0.118. The molecular weight excluding hydrogens is 282 g/mol. The van der Waals surface area contributed by atoms with E-state index in [1.54, 1.807) is 11.3 Å². The maximum absolute atomic E-state index is 12.7. The first-order valence-corrected chi connectivity index (χ1v) is 8.94. The highest BCUT2D eigenvalue weighted by atomic mass is 32.1. The van der Waals surface area contributed by atoms with Gasteiger partial charge in [0.25, 0.3) is 5.91 Å². The number of thiazole rings is 1. The van der Waals surface area contributed by atoms with Crippen molar-refractivity contribution < 1.29 is 4.79 Å². The zero-order valence-electron chi connectivity index (χ0n) is 13.2. The van der Waals surface area contributed by atoms with Crippen molar-refractivity contribution in [2.75, 3.05) is 19.6 Å². The van der Waals surface area contributed by atoms with Gasteiger partial charge in [0.15, 0.2) is 0 Å². The maximum Gasteiger partial charge on any atom is 0.273 e. The number of likely N-dealkylation sites (tertiary alicyclic amines) is 2. The summed E-state index contributed by atoms with van der Waals surface area (Å²) in [5.74, 6) is 0.511. The van der Waals surface area contributed by atoms with Crippen molar-refractivity contribution in [1.29, 1.82) is 0 Å². The quantitative estimate of drug-likeness (QED) is 0.861. The molecule has 116 valence electrons. The molecular formula is C16H25N3OS. The highest BCUT2D eigenvalue weighted by Gasteiger charge is 2.37. The van der Waals surface area contributed by atoms with Gasteiger partial charge in [-0.05, 0) is 39.3 Å². The van der Waals surface area contributed by atoms with Crippen molar-refractivity contribution >= 4 is 17.2 Å². The molecule has 0 unspecified atom stereocenters. The topological polar surface area (TPSA) is 36.4 Å². The molecule has 4 nitrogen and oxygen atoms in total. The molecule has 2 saturated heterocycles. The van der Waals surface area contributed by atoms with Crippen molar-refractivity contribution in [3.8, 4) is 0 Å². The molecule has 2 aliphatic rings. The van der Waals surface area contributed by atoms with Gasteiger partial charge in [-0.15, -0.1) is 11.3 Å². The van der Waals surface area contributed by atoms with E-state index in [0.29, 0.717) is 23.7 Å². The smallest absolute Gasteiger partial charge is 0.273 e. The van der Waals surface area contributed by atoms with Crippen LogP contribution in [0, 0.1) is 0 Å². The first-order valence-electron chi connectivity index (χ1n) is 8.06. The van der Waals surface area contributed by atoms with E-state index in [9.17, 15) is 4.79 Å². The maximum atomic E-state index is 12.7. The number of hydrogen-bond acceptors (Lipinski definition) is 4. The van der Waals surface area contributed by atoms with E-state index >= 15 is 0 Å². The van der Waals surface area contributed by atoms with Gasteiger partial charge in [0.1, 0.15) is 5.69 Å². The van der Waals surface area contributed by atoms with Crippen LogP contribution in [-0.2, 0) is 0 Å². The molecule has 2 aliphatic heterocycles. The van der Waals surface area contributed by atoms with Crippen molar-refractivity contribution in [2.24, 2.45) is 0 Å². The lowest BCUT2D eigenvalue weighted by atomic mass is 10.2. The molecule has 2 fully saturated rings. The fraction of sp³-hybridized carbons (Fsp3) is 0.750. The van der Waals surface area contributed by atoms with E-state index in [0.717, 1.165) is 18.0 Å². The molecule has 0 bridgehead atoms. The first kappa shape index (κ1) is 15.0. The van der Waals surface area contributed by atoms with Crippen molar-refractivity contribution in [3.63, 3.8) is 0 Å². The highest BCUT2D eigenvalue weighted by Crippen LogP contribution is 2.27. The van der Waals surface area contributed by atoms with Crippen LogP contribution >= 0.6 is 11.3 Å². The second-order valence-corrected chi connectivity index (χ2v) is 7.55. The second kappa shape index (κ2) is 6.05. The van der Waals surface area contributed by atoms with E-state index < -0.39 is 0 Å². The first-order chi connectivity index (χ1) is 10.1. The lowest BCUT2D eigenvalue weighted by Gasteiger charge is -2.23. The Morgan fingerprint density at radius 3 is 2.71 bits per heavy atom. The molecule has 0 aliphatic carbocycles. The van der Waals surface area contributed by atoms with Crippen LogP contribution in [0.3, 0.4) is 0 Å².